The standard InChI is InChI=1S/C33H41F3N8O3/c1-7-30(46)39-27-19-24(9-11-28(27)43(5)17-16-42(3)4)38-31-25(33(34,35)36)20-37-32(41-31)40-26-10-8-23(18-29(26)47-6)22-12-14-44(15-13-22)21(2)45/h7-11,18-20,22H,1,12-17H2,2-6H3,(H,39,46)(H2,37,38,40,41). The van der Waals surface area contributed by atoms with Gasteiger partial charge in [0.15, 0.2) is 0 Å². The van der Waals surface area contributed by atoms with Crippen LogP contribution in [0.2, 0.25) is 0 Å². The van der Waals surface area contributed by atoms with Crippen molar-refractivity contribution < 1.29 is 27.5 Å². The van der Waals surface area contributed by atoms with Crippen LogP contribution in [0.5, 0.6) is 5.75 Å². The molecule has 3 aromatic rings. The number of anilines is 6. The normalized spacial score (nSPS) is 13.7. The third-order valence-electron chi connectivity index (χ3n) is 7.97. The van der Waals surface area contributed by atoms with Crippen LogP contribution in [0.3, 0.4) is 0 Å². The van der Waals surface area contributed by atoms with E-state index in [4.69, 9.17) is 4.74 Å². The Morgan fingerprint density at radius 1 is 1.06 bits per heavy atom. The molecule has 1 aromatic heterocycles. The van der Waals surface area contributed by atoms with Crippen LogP contribution in [0.1, 0.15) is 36.8 Å². The van der Waals surface area contributed by atoms with E-state index in [-0.39, 0.29) is 23.5 Å². The van der Waals surface area contributed by atoms with Gasteiger partial charge in [-0.2, -0.15) is 18.2 Å². The summed E-state index contributed by atoms with van der Waals surface area (Å²) in [4.78, 5) is 37.8. The molecule has 0 unspecified atom stereocenters. The van der Waals surface area contributed by atoms with E-state index in [2.05, 4.69) is 32.5 Å². The molecule has 252 valence electrons. The van der Waals surface area contributed by atoms with E-state index < -0.39 is 23.5 Å². The van der Waals surface area contributed by atoms with Gasteiger partial charge < -0.3 is 35.4 Å². The van der Waals surface area contributed by atoms with Crippen LogP contribution < -0.4 is 25.6 Å². The van der Waals surface area contributed by atoms with E-state index in [0.717, 1.165) is 31.0 Å². The number of hydrogen-bond donors (Lipinski definition) is 3. The summed E-state index contributed by atoms with van der Waals surface area (Å²) in [6, 6.07) is 10.5. The van der Waals surface area contributed by atoms with Crippen LogP contribution >= 0.6 is 0 Å². The Bertz CT molecular complexity index is 1590. The number of likely N-dealkylation sites (N-methyl/N-ethyl adjacent to an activating group) is 2. The highest BCUT2D eigenvalue weighted by atomic mass is 19.4. The van der Waals surface area contributed by atoms with Crippen LogP contribution in [-0.2, 0) is 15.8 Å². The second-order valence-electron chi connectivity index (χ2n) is 11.6. The average molecular weight is 655 g/mol. The van der Waals surface area contributed by atoms with E-state index in [1.54, 1.807) is 31.2 Å². The topological polar surface area (TPSA) is 115 Å². The summed E-state index contributed by atoms with van der Waals surface area (Å²) in [5.41, 5.74) is 1.78. The maximum absolute atomic E-state index is 14.1. The minimum Gasteiger partial charge on any atom is -0.495 e. The number of nitrogens with one attached hydrogen (secondary N) is 3. The largest absolute Gasteiger partial charge is 0.495 e. The van der Waals surface area contributed by atoms with Crippen molar-refractivity contribution in [1.29, 1.82) is 0 Å². The molecule has 1 aliphatic heterocycles. The maximum atomic E-state index is 14.1. The van der Waals surface area contributed by atoms with Gasteiger partial charge in [-0.1, -0.05) is 12.6 Å². The number of alkyl halides is 3. The van der Waals surface area contributed by atoms with Crippen LogP contribution in [-0.4, -0.2) is 86.0 Å². The fourth-order valence-electron chi connectivity index (χ4n) is 5.30. The predicted octanol–water partition coefficient (Wildman–Crippen LogP) is 5.84. The molecule has 14 heteroatoms. The minimum atomic E-state index is -4.75. The number of hydrogen-bond acceptors (Lipinski definition) is 9. The number of rotatable bonds is 12. The molecule has 1 fully saturated rings. The molecule has 0 atom stereocenters. The minimum absolute atomic E-state index is 0.0612. The van der Waals surface area contributed by atoms with Crippen molar-refractivity contribution in [2.24, 2.45) is 0 Å². The lowest BCUT2D eigenvalue weighted by atomic mass is 9.89. The number of methoxy groups -OCH3 is 1. The molecule has 1 saturated heterocycles. The fourth-order valence-corrected chi connectivity index (χ4v) is 5.30. The Kier molecular flexibility index (Phi) is 11.3. The van der Waals surface area contributed by atoms with Crippen molar-refractivity contribution in [3.8, 4) is 5.75 Å². The zero-order valence-corrected chi connectivity index (χ0v) is 27.2. The van der Waals surface area contributed by atoms with Crippen LogP contribution in [0.4, 0.5) is 47.7 Å². The molecule has 0 aliphatic carbocycles. The number of likely N-dealkylation sites (tertiary alicyclic amines) is 1. The van der Waals surface area contributed by atoms with Crippen molar-refractivity contribution >= 4 is 46.3 Å². The van der Waals surface area contributed by atoms with Gasteiger partial charge in [0.05, 0.1) is 24.2 Å². The number of amides is 2. The summed E-state index contributed by atoms with van der Waals surface area (Å²) in [5.74, 6) is -0.237. The van der Waals surface area contributed by atoms with E-state index in [9.17, 15) is 22.8 Å². The molecular formula is C33H41F3N8O3. The number of nitrogens with zero attached hydrogens (tertiary/aromatic N) is 5. The third kappa shape index (κ3) is 9.12. The van der Waals surface area contributed by atoms with Gasteiger partial charge in [0.2, 0.25) is 17.8 Å². The first-order valence-electron chi connectivity index (χ1n) is 15.1. The van der Waals surface area contributed by atoms with E-state index in [1.807, 2.05) is 48.0 Å². The zero-order chi connectivity index (χ0) is 34.3. The Morgan fingerprint density at radius 3 is 2.40 bits per heavy atom. The third-order valence-corrected chi connectivity index (χ3v) is 7.97. The molecule has 0 bridgehead atoms. The molecule has 2 heterocycles. The zero-order valence-electron chi connectivity index (χ0n) is 27.2. The van der Waals surface area contributed by atoms with E-state index in [1.165, 1.54) is 7.11 Å². The van der Waals surface area contributed by atoms with Crippen molar-refractivity contribution in [3.63, 3.8) is 0 Å². The highest BCUT2D eigenvalue weighted by Gasteiger charge is 2.35. The second kappa shape index (κ2) is 15.2. The SMILES string of the molecule is C=CC(=O)Nc1cc(Nc2nc(Nc3ccc(C4CCN(C(C)=O)CC4)cc3OC)ncc2C(F)(F)F)ccc1N(C)CCN(C)C. The number of aromatic nitrogens is 2. The smallest absolute Gasteiger partial charge is 0.421 e. The van der Waals surface area contributed by atoms with Crippen molar-refractivity contribution in [2.75, 3.05) is 75.3 Å². The van der Waals surface area contributed by atoms with Gasteiger partial charge in [-0.05, 0) is 74.8 Å². The quantitative estimate of drug-likeness (QED) is 0.207. The predicted molar refractivity (Wildman–Crippen MR) is 178 cm³/mol. The van der Waals surface area contributed by atoms with Gasteiger partial charge in [0.25, 0.3) is 0 Å². The number of ether oxygens (including phenoxy) is 1. The fraction of sp³-hybridized carbons (Fsp3) is 0.394. The molecule has 0 spiro atoms. The Morgan fingerprint density at radius 2 is 1.79 bits per heavy atom. The summed E-state index contributed by atoms with van der Waals surface area (Å²) >= 11 is 0. The van der Waals surface area contributed by atoms with Gasteiger partial charge in [0.1, 0.15) is 17.1 Å². The van der Waals surface area contributed by atoms with E-state index in [0.29, 0.717) is 48.6 Å². The molecule has 1 aliphatic rings. The first-order chi connectivity index (χ1) is 22.3. The lowest BCUT2D eigenvalue weighted by molar-refractivity contribution is -0.137. The monoisotopic (exact) mass is 654 g/mol. The van der Waals surface area contributed by atoms with Gasteiger partial charge in [-0.25, -0.2) is 4.98 Å². The molecule has 3 N–H and O–H groups in total. The first-order valence-corrected chi connectivity index (χ1v) is 15.1. The summed E-state index contributed by atoms with van der Waals surface area (Å²) in [6.45, 7) is 7.79. The molecule has 2 amide bonds. The Labute approximate surface area is 272 Å². The summed E-state index contributed by atoms with van der Waals surface area (Å²) in [5, 5.41) is 8.50. The second-order valence-corrected chi connectivity index (χ2v) is 11.6. The van der Waals surface area contributed by atoms with Gasteiger partial charge in [-0.3, -0.25) is 9.59 Å². The summed E-state index contributed by atoms with van der Waals surface area (Å²) in [7, 11) is 7.25. The highest BCUT2D eigenvalue weighted by Crippen LogP contribution is 2.38. The number of benzene rings is 2. The molecular weight excluding hydrogens is 613 g/mol. The highest BCUT2D eigenvalue weighted by molar-refractivity contribution is 6.01. The summed E-state index contributed by atoms with van der Waals surface area (Å²) in [6.07, 6.45) is -1.28. The first kappa shape index (κ1) is 35.0. The summed E-state index contributed by atoms with van der Waals surface area (Å²) < 4.78 is 47.8. The number of carbonyl (C=O) groups is 2. The van der Waals surface area contributed by atoms with Gasteiger partial charge >= 0.3 is 6.18 Å². The Balaban J connectivity index is 1.61. The Hall–Kier alpha value is -4.85. The van der Waals surface area contributed by atoms with Crippen molar-refractivity contribution in [3.05, 3.63) is 66.4 Å². The van der Waals surface area contributed by atoms with Crippen LogP contribution in [0, 0.1) is 0 Å². The maximum Gasteiger partial charge on any atom is 0.421 e. The number of piperidine rings is 1. The van der Waals surface area contributed by atoms with Crippen molar-refractivity contribution in [2.45, 2.75) is 31.9 Å². The van der Waals surface area contributed by atoms with Gasteiger partial charge in [-0.15, -0.1) is 0 Å². The average Bonchev–Trinajstić information content (AvgIpc) is 3.03. The van der Waals surface area contributed by atoms with E-state index >= 15 is 0 Å². The molecule has 47 heavy (non-hydrogen) atoms. The molecule has 0 radical (unpaired) electrons. The van der Waals surface area contributed by atoms with Crippen LogP contribution in [0.25, 0.3) is 0 Å². The number of halogens is 3. The van der Waals surface area contributed by atoms with Gasteiger partial charge in [0, 0.05) is 52.0 Å². The molecule has 4 rings (SSSR count). The lowest BCUT2D eigenvalue weighted by Crippen LogP contribution is -2.36. The molecule has 11 nitrogen and oxygen atoms in total. The van der Waals surface area contributed by atoms with Crippen LogP contribution in [0.15, 0.2) is 55.3 Å². The number of carbonyl (C=O) groups excluding carboxylic acids is 2. The van der Waals surface area contributed by atoms with Crippen molar-refractivity contribution in [1.82, 2.24) is 19.8 Å². The molecule has 0 saturated carbocycles. The lowest BCUT2D eigenvalue weighted by Gasteiger charge is -2.31. The molecule has 2 aromatic carbocycles.